The predicted octanol–water partition coefficient (Wildman–Crippen LogP) is -7.14. The molecule has 1 rings (SSSR count). The molecule has 2 unspecified atom stereocenters. The van der Waals surface area contributed by atoms with Crippen molar-refractivity contribution in [3.05, 3.63) is 0 Å². The Morgan fingerprint density at radius 2 is 1.00 bits per heavy atom. The molecule has 0 aromatic heterocycles. The first-order valence-corrected chi connectivity index (χ1v) is 16.9. The average Bonchev–Trinajstić information content (AvgIpc) is 2.69. The van der Waals surface area contributed by atoms with E-state index in [1.165, 1.54) is 0 Å². The normalized spacial score (nSPS) is 41.6. The van der Waals surface area contributed by atoms with Crippen LogP contribution in [0.3, 0.4) is 0 Å². The average molecular weight is 698 g/mol. The van der Waals surface area contributed by atoms with Gasteiger partial charge in [0, 0.05) is 0 Å². The molecule has 18 nitrogen and oxygen atoms in total. The van der Waals surface area contributed by atoms with E-state index in [0.717, 1.165) is 0 Å². The van der Waals surface area contributed by atoms with Crippen molar-refractivity contribution < 1.29 is 75.3 Å². The van der Waals surface area contributed by atoms with E-state index < -0.39 is 114 Å². The van der Waals surface area contributed by atoms with Crippen molar-refractivity contribution in [1.29, 1.82) is 0 Å². The molecule has 0 aromatic rings. The third-order valence-electron chi connectivity index (χ3n) is 3.92. The van der Waals surface area contributed by atoms with Crippen molar-refractivity contribution >= 4 is 52.0 Å². The molecular formula is C12H22O18Sb2. The fourth-order valence-corrected chi connectivity index (χ4v) is 8.84. The third-order valence-corrected chi connectivity index (χ3v) is 9.64. The summed E-state index contributed by atoms with van der Waals surface area (Å²) in [5, 5.41) is 76.4. The molecule has 20 heteroatoms. The second-order valence-electron chi connectivity index (χ2n) is 6.29. The van der Waals surface area contributed by atoms with Gasteiger partial charge in [-0.05, 0) is 0 Å². The quantitative estimate of drug-likeness (QED) is 0.115. The van der Waals surface area contributed by atoms with Crippen LogP contribution in [0.4, 0.5) is 0 Å². The molecule has 188 valence electrons. The summed E-state index contributed by atoms with van der Waals surface area (Å²) in [6.07, 6.45) is -20.8. The molecule has 1 aliphatic rings. The summed E-state index contributed by atoms with van der Waals surface area (Å²) in [5.41, 5.74) is 0. The zero-order chi connectivity index (χ0) is 25.0. The van der Waals surface area contributed by atoms with Gasteiger partial charge in [-0.15, -0.1) is 0 Å². The van der Waals surface area contributed by atoms with Crippen LogP contribution in [0.15, 0.2) is 0 Å². The number of carbonyl (C=O) groups is 2. The first-order chi connectivity index (χ1) is 14.6. The van der Waals surface area contributed by atoms with E-state index in [9.17, 15) is 53.0 Å². The van der Waals surface area contributed by atoms with E-state index in [1.807, 2.05) is 0 Å². The summed E-state index contributed by atoms with van der Waals surface area (Å²) in [5.74, 6) is -4.37. The topological polar surface area (TPSA) is 308 Å². The molecule has 0 saturated carbocycles. The van der Waals surface area contributed by atoms with Crippen LogP contribution in [0, 0.1) is 0 Å². The molecule has 32 heavy (non-hydrogen) atoms. The number of rotatable bonds is 6. The van der Waals surface area contributed by atoms with Crippen molar-refractivity contribution in [2.75, 3.05) is 13.2 Å². The molecule has 1 aliphatic heterocycles. The molecule has 10 atom stereocenters. The minimum atomic E-state index is -6.84. The van der Waals surface area contributed by atoms with Gasteiger partial charge in [-0.3, -0.25) is 0 Å². The van der Waals surface area contributed by atoms with Crippen molar-refractivity contribution in [3.63, 3.8) is 0 Å². The fraction of sp³-hybridized carbons (Fsp3) is 0.833. The molecule has 0 bridgehead atoms. The molecular weight excluding hydrogens is 676 g/mol. The van der Waals surface area contributed by atoms with Crippen molar-refractivity contribution in [2.45, 2.75) is 48.8 Å². The van der Waals surface area contributed by atoms with E-state index in [0.29, 0.717) is 0 Å². The predicted molar refractivity (Wildman–Crippen MR) is 90.3 cm³/mol. The summed E-state index contributed by atoms with van der Waals surface area (Å²) in [6, 6.07) is 0. The summed E-state index contributed by atoms with van der Waals surface area (Å²) in [7, 11) is 0. The van der Waals surface area contributed by atoms with Gasteiger partial charge in [-0.1, -0.05) is 0 Å². The van der Waals surface area contributed by atoms with E-state index in [4.69, 9.17) is 10.2 Å². The maximum absolute atomic E-state index is 12.3. The zero-order valence-electron chi connectivity index (χ0n) is 15.7. The Morgan fingerprint density at radius 3 is 1.22 bits per heavy atom. The van der Waals surface area contributed by atoms with Crippen LogP contribution < -0.4 is 0 Å². The Balaban J connectivity index is 3.63. The standard InChI is InChI=1S/2C6H10O7.2H2O.2O.2Sb/c2*7-1-2(8)3(9)4(10)5(11)6(12)13;;;;;;/h2*2-5,7-8,10H,1H2,(H,12,13);2*1H2;;;;/q2*-2;;;;;2*+3/p-2/t2*2-,3-,4-,5-;;;;;;/m11....../s1. The number of aliphatic carboxylic acids is 2. The Labute approximate surface area is 188 Å². The molecule has 10 N–H and O–H groups in total. The van der Waals surface area contributed by atoms with Crippen molar-refractivity contribution in [3.8, 4) is 0 Å². The fourth-order valence-electron chi connectivity index (χ4n) is 2.42. The van der Waals surface area contributed by atoms with E-state index >= 15 is 0 Å². The van der Waals surface area contributed by atoms with E-state index in [1.54, 1.807) is 0 Å². The van der Waals surface area contributed by atoms with Crippen LogP contribution >= 0.6 is 0 Å². The molecule has 1 saturated heterocycles. The molecule has 0 aliphatic carbocycles. The monoisotopic (exact) mass is 696 g/mol. The minimum absolute atomic E-state index is 1.31. The molecule has 1 heterocycles. The van der Waals surface area contributed by atoms with Crippen molar-refractivity contribution in [2.24, 2.45) is 0 Å². The molecule has 0 radical (unpaired) electrons. The van der Waals surface area contributed by atoms with Crippen LogP contribution in [0.2, 0.25) is 0 Å². The van der Waals surface area contributed by atoms with Gasteiger partial charge in [0.2, 0.25) is 0 Å². The summed E-state index contributed by atoms with van der Waals surface area (Å²) in [4.78, 5) is 22.9. The number of hydrogen-bond acceptors (Lipinski definition) is 14. The number of aliphatic hydroxyl groups excluding tert-OH is 6. The van der Waals surface area contributed by atoms with Crippen molar-refractivity contribution in [1.82, 2.24) is 0 Å². The van der Waals surface area contributed by atoms with Crippen LogP contribution in [-0.2, 0) is 27.7 Å². The number of hydrogen-bond donors (Lipinski definition) is 10. The molecule has 0 aromatic carbocycles. The van der Waals surface area contributed by atoms with Gasteiger partial charge in [0.1, 0.15) is 0 Å². The van der Waals surface area contributed by atoms with Crippen LogP contribution in [0.5, 0.6) is 0 Å². The first kappa shape index (κ1) is 29.7. The second-order valence-corrected chi connectivity index (χ2v) is 14.0. The SMILES string of the molecule is O=C(O)[C@@H]1[O][Sb](=[O])([OH])[O][C@H]([C@H](O)CO)[C@@H](O)[C@H](C(=O)O)[O][Sb](=[O])([OH])[O][C@H]([C@H](O)CO)[C@H]1O. The number of aliphatic hydroxyl groups is 6. The van der Waals surface area contributed by atoms with E-state index in [-0.39, 0.29) is 0 Å². The van der Waals surface area contributed by atoms with Gasteiger partial charge in [0.15, 0.2) is 0 Å². The number of carboxylic acids is 2. The number of carboxylic acid groups (broad SMARTS) is 2. The Hall–Kier alpha value is -0.304. The summed E-state index contributed by atoms with van der Waals surface area (Å²) in [6.45, 7) is -2.63. The molecule has 0 spiro atoms. The van der Waals surface area contributed by atoms with Crippen LogP contribution in [-0.4, -0.2) is 162 Å². The maximum atomic E-state index is 12.3. The third kappa shape index (κ3) is 7.88. The Kier molecular flexibility index (Phi) is 11.1. The van der Waals surface area contributed by atoms with Gasteiger partial charge in [0.05, 0.1) is 0 Å². The van der Waals surface area contributed by atoms with Gasteiger partial charge in [0.25, 0.3) is 0 Å². The second kappa shape index (κ2) is 11.9. The van der Waals surface area contributed by atoms with Gasteiger partial charge < -0.3 is 0 Å². The van der Waals surface area contributed by atoms with Crippen LogP contribution in [0.1, 0.15) is 0 Å². The summed E-state index contributed by atoms with van der Waals surface area (Å²) < 4.78 is 62.1. The molecule has 0 amide bonds. The van der Waals surface area contributed by atoms with Gasteiger partial charge in [-0.25, -0.2) is 0 Å². The Bertz CT molecular complexity index is 696. The van der Waals surface area contributed by atoms with Gasteiger partial charge >= 0.3 is 189 Å². The van der Waals surface area contributed by atoms with E-state index in [2.05, 4.69) is 12.1 Å². The summed E-state index contributed by atoms with van der Waals surface area (Å²) >= 11 is -13.7. The van der Waals surface area contributed by atoms with Crippen LogP contribution in [0.25, 0.3) is 0 Å². The first-order valence-electron chi connectivity index (χ1n) is 8.35. The van der Waals surface area contributed by atoms with Gasteiger partial charge in [-0.2, -0.15) is 0 Å². The Morgan fingerprint density at radius 1 is 0.719 bits per heavy atom. The zero-order valence-corrected chi connectivity index (χ0v) is 20.8. The molecule has 1 fully saturated rings.